The van der Waals surface area contributed by atoms with Gasteiger partial charge in [-0.1, -0.05) is 35.9 Å². The molecule has 2 aromatic carbocycles. The van der Waals surface area contributed by atoms with Crippen LogP contribution >= 0.6 is 11.6 Å². The van der Waals surface area contributed by atoms with E-state index in [-0.39, 0.29) is 23.3 Å². The van der Waals surface area contributed by atoms with Crippen molar-refractivity contribution < 1.29 is 9.90 Å². The average molecular weight is 288 g/mol. The van der Waals surface area contributed by atoms with Crippen molar-refractivity contribution in [3.05, 3.63) is 64.2 Å². The maximum atomic E-state index is 12.3. The van der Waals surface area contributed by atoms with Gasteiger partial charge in [-0.3, -0.25) is 4.79 Å². The van der Waals surface area contributed by atoms with Crippen LogP contribution < -0.4 is 5.32 Å². The van der Waals surface area contributed by atoms with Crippen LogP contribution in [0.15, 0.2) is 42.5 Å². The van der Waals surface area contributed by atoms with Crippen LogP contribution in [0.25, 0.3) is 0 Å². The first-order valence-corrected chi connectivity index (χ1v) is 6.90. The smallest absolute Gasteiger partial charge is 0.255 e. The van der Waals surface area contributed by atoms with Crippen LogP contribution in [0.4, 0.5) is 0 Å². The van der Waals surface area contributed by atoms with E-state index in [9.17, 15) is 9.90 Å². The van der Waals surface area contributed by atoms with Crippen LogP contribution in [0.2, 0.25) is 5.02 Å². The molecule has 2 aromatic rings. The van der Waals surface area contributed by atoms with Gasteiger partial charge in [0, 0.05) is 5.02 Å². The zero-order valence-electron chi connectivity index (χ0n) is 10.8. The van der Waals surface area contributed by atoms with Crippen molar-refractivity contribution in [2.24, 2.45) is 0 Å². The van der Waals surface area contributed by atoms with Gasteiger partial charge in [-0.25, -0.2) is 0 Å². The van der Waals surface area contributed by atoms with Crippen molar-refractivity contribution in [2.75, 3.05) is 0 Å². The van der Waals surface area contributed by atoms with E-state index in [0.717, 1.165) is 18.4 Å². The third-order valence-corrected chi connectivity index (χ3v) is 3.88. The van der Waals surface area contributed by atoms with E-state index in [0.29, 0.717) is 5.02 Å². The molecule has 0 heterocycles. The van der Waals surface area contributed by atoms with Crippen molar-refractivity contribution >= 4 is 17.5 Å². The molecule has 4 heteroatoms. The quantitative estimate of drug-likeness (QED) is 0.888. The number of aromatic hydroxyl groups is 1. The lowest BCUT2D eigenvalue weighted by Crippen LogP contribution is -2.27. The lowest BCUT2D eigenvalue weighted by Gasteiger charge is -2.14. The summed E-state index contributed by atoms with van der Waals surface area (Å²) < 4.78 is 0. The molecule has 0 spiro atoms. The third-order valence-electron chi connectivity index (χ3n) is 3.64. The highest BCUT2D eigenvalue weighted by molar-refractivity contribution is 6.31. The van der Waals surface area contributed by atoms with E-state index in [1.165, 1.54) is 17.7 Å². The molecule has 1 atom stereocenters. The second-order valence-corrected chi connectivity index (χ2v) is 5.36. The van der Waals surface area contributed by atoms with E-state index in [1.807, 2.05) is 18.2 Å². The first kappa shape index (κ1) is 13.0. The highest BCUT2D eigenvalue weighted by Gasteiger charge is 2.24. The minimum atomic E-state index is -0.299. The Morgan fingerprint density at radius 3 is 2.90 bits per heavy atom. The SMILES string of the molecule is O=C(N[C@H]1CCc2ccccc21)c1cc(Cl)ccc1O. The molecule has 0 saturated heterocycles. The highest BCUT2D eigenvalue weighted by atomic mass is 35.5. The maximum Gasteiger partial charge on any atom is 0.255 e. The summed E-state index contributed by atoms with van der Waals surface area (Å²) in [4.78, 5) is 12.3. The van der Waals surface area contributed by atoms with Gasteiger partial charge in [0.2, 0.25) is 0 Å². The number of carbonyl (C=O) groups excluding carboxylic acids is 1. The molecule has 0 fully saturated rings. The number of rotatable bonds is 2. The van der Waals surface area contributed by atoms with E-state index in [2.05, 4.69) is 11.4 Å². The van der Waals surface area contributed by atoms with Crippen LogP contribution in [0.1, 0.15) is 33.9 Å². The standard InChI is InChI=1S/C16H14ClNO2/c17-11-6-8-15(19)13(9-11)16(20)18-14-7-5-10-3-1-2-4-12(10)14/h1-4,6,8-9,14,19H,5,7H2,(H,18,20)/t14-/m0/s1. The Morgan fingerprint density at radius 2 is 2.05 bits per heavy atom. The largest absolute Gasteiger partial charge is 0.507 e. The Bertz CT molecular complexity index is 669. The first-order valence-electron chi connectivity index (χ1n) is 6.52. The Balaban J connectivity index is 1.82. The van der Waals surface area contributed by atoms with Crippen molar-refractivity contribution in [1.82, 2.24) is 5.32 Å². The maximum absolute atomic E-state index is 12.3. The molecule has 0 radical (unpaired) electrons. The second kappa shape index (κ2) is 5.17. The number of carbonyl (C=O) groups is 1. The van der Waals surface area contributed by atoms with Crippen molar-refractivity contribution in [3.63, 3.8) is 0 Å². The Hall–Kier alpha value is -2.00. The summed E-state index contributed by atoms with van der Waals surface area (Å²) in [5.41, 5.74) is 2.64. The predicted molar refractivity (Wildman–Crippen MR) is 78.1 cm³/mol. The molecule has 1 amide bonds. The summed E-state index contributed by atoms with van der Waals surface area (Å²) in [6.45, 7) is 0. The fraction of sp³-hybridized carbons (Fsp3) is 0.188. The van der Waals surface area contributed by atoms with E-state index in [4.69, 9.17) is 11.6 Å². The lowest BCUT2D eigenvalue weighted by molar-refractivity contribution is 0.0934. The number of amides is 1. The second-order valence-electron chi connectivity index (χ2n) is 4.93. The van der Waals surface area contributed by atoms with Gasteiger partial charge in [-0.2, -0.15) is 0 Å². The van der Waals surface area contributed by atoms with Crippen LogP contribution in [0, 0.1) is 0 Å². The van der Waals surface area contributed by atoms with E-state index >= 15 is 0 Å². The number of fused-ring (bicyclic) bond motifs is 1. The first-order chi connectivity index (χ1) is 9.65. The normalized spacial score (nSPS) is 16.8. The topological polar surface area (TPSA) is 49.3 Å². The zero-order chi connectivity index (χ0) is 14.1. The number of hydrogen-bond donors (Lipinski definition) is 2. The molecule has 3 rings (SSSR count). The summed E-state index contributed by atoms with van der Waals surface area (Å²) in [7, 11) is 0. The summed E-state index contributed by atoms with van der Waals surface area (Å²) in [6, 6.07) is 12.6. The van der Waals surface area contributed by atoms with Crippen molar-refractivity contribution in [1.29, 1.82) is 0 Å². The molecule has 0 aromatic heterocycles. The van der Waals surface area contributed by atoms with Gasteiger partial charge in [0.15, 0.2) is 0 Å². The van der Waals surface area contributed by atoms with Gasteiger partial charge in [-0.15, -0.1) is 0 Å². The van der Waals surface area contributed by atoms with Crippen LogP contribution in [0.3, 0.4) is 0 Å². The Kier molecular flexibility index (Phi) is 3.36. The molecule has 2 N–H and O–H groups in total. The molecular weight excluding hydrogens is 274 g/mol. The zero-order valence-corrected chi connectivity index (χ0v) is 11.5. The number of hydrogen-bond acceptors (Lipinski definition) is 2. The Morgan fingerprint density at radius 1 is 1.25 bits per heavy atom. The summed E-state index contributed by atoms with van der Waals surface area (Å²) in [6.07, 6.45) is 1.84. The molecule has 1 aliphatic carbocycles. The predicted octanol–water partition coefficient (Wildman–Crippen LogP) is 3.46. The van der Waals surface area contributed by atoms with Gasteiger partial charge in [0.05, 0.1) is 11.6 Å². The van der Waals surface area contributed by atoms with E-state index in [1.54, 1.807) is 6.07 Å². The summed E-state index contributed by atoms with van der Waals surface area (Å²) >= 11 is 5.87. The van der Waals surface area contributed by atoms with Crippen molar-refractivity contribution in [3.8, 4) is 5.75 Å². The Labute approximate surface area is 122 Å². The van der Waals surface area contributed by atoms with Gasteiger partial charge in [-0.05, 0) is 42.2 Å². The third kappa shape index (κ3) is 2.37. The van der Waals surface area contributed by atoms with E-state index < -0.39 is 0 Å². The van der Waals surface area contributed by atoms with Crippen molar-refractivity contribution in [2.45, 2.75) is 18.9 Å². The number of benzene rings is 2. The molecule has 0 saturated carbocycles. The number of aryl methyl sites for hydroxylation is 1. The molecule has 0 bridgehead atoms. The molecule has 3 nitrogen and oxygen atoms in total. The molecule has 102 valence electrons. The van der Waals surface area contributed by atoms with Crippen LogP contribution in [-0.4, -0.2) is 11.0 Å². The molecular formula is C16H14ClNO2. The minimum absolute atomic E-state index is 0.00270. The highest BCUT2D eigenvalue weighted by Crippen LogP contribution is 2.31. The molecule has 20 heavy (non-hydrogen) atoms. The summed E-state index contributed by atoms with van der Waals surface area (Å²) in [5.74, 6) is -0.357. The van der Waals surface area contributed by atoms with Gasteiger partial charge >= 0.3 is 0 Å². The van der Waals surface area contributed by atoms with Crippen LogP contribution in [0.5, 0.6) is 5.75 Å². The fourth-order valence-electron chi connectivity index (χ4n) is 2.63. The monoisotopic (exact) mass is 287 g/mol. The number of phenolic OH excluding ortho intramolecular Hbond substituents is 1. The minimum Gasteiger partial charge on any atom is -0.507 e. The number of halogens is 1. The van der Waals surface area contributed by atoms with Gasteiger partial charge in [0.1, 0.15) is 5.75 Å². The fourth-order valence-corrected chi connectivity index (χ4v) is 2.81. The van der Waals surface area contributed by atoms with Crippen LogP contribution in [-0.2, 0) is 6.42 Å². The lowest BCUT2D eigenvalue weighted by atomic mass is 10.1. The van der Waals surface area contributed by atoms with Gasteiger partial charge < -0.3 is 10.4 Å². The average Bonchev–Trinajstić information content (AvgIpc) is 2.85. The number of phenols is 1. The molecule has 0 aliphatic heterocycles. The molecule has 0 unspecified atom stereocenters. The summed E-state index contributed by atoms with van der Waals surface area (Å²) in [5, 5.41) is 13.1. The number of nitrogens with one attached hydrogen (secondary N) is 1. The van der Waals surface area contributed by atoms with Gasteiger partial charge in [0.25, 0.3) is 5.91 Å². The molecule has 1 aliphatic rings.